The number of nitrogens with zero attached hydrogens (tertiary/aromatic N) is 1. The minimum atomic E-state index is -0.467. The van der Waals surface area contributed by atoms with E-state index in [2.05, 4.69) is 11.8 Å². The summed E-state index contributed by atoms with van der Waals surface area (Å²) in [6, 6.07) is 7.91. The van der Waals surface area contributed by atoms with Crippen LogP contribution in [0.4, 0.5) is 0 Å². The molecule has 1 fully saturated rings. The Morgan fingerprint density at radius 2 is 2.33 bits per heavy atom. The zero-order valence-corrected chi connectivity index (χ0v) is 13.1. The van der Waals surface area contributed by atoms with Crippen LogP contribution in [-0.2, 0) is 4.74 Å². The second-order valence-corrected chi connectivity index (χ2v) is 5.82. The van der Waals surface area contributed by atoms with Gasteiger partial charge in [0.1, 0.15) is 18.5 Å². The third-order valence-electron chi connectivity index (χ3n) is 3.73. The van der Waals surface area contributed by atoms with Crippen molar-refractivity contribution in [1.29, 1.82) is 0 Å². The first-order valence-corrected chi connectivity index (χ1v) is 7.89. The van der Waals surface area contributed by atoms with Crippen molar-refractivity contribution in [2.45, 2.75) is 38.9 Å². The summed E-state index contributed by atoms with van der Waals surface area (Å²) < 4.78 is 11.4. The summed E-state index contributed by atoms with van der Waals surface area (Å²) in [5, 5.41) is 10.1. The maximum Gasteiger partial charge on any atom is 0.119 e. The lowest BCUT2D eigenvalue weighted by Gasteiger charge is -2.33. The summed E-state index contributed by atoms with van der Waals surface area (Å²) in [5.74, 6) is 0.819. The maximum atomic E-state index is 10.1. The molecule has 1 aliphatic heterocycles. The predicted octanol–water partition coefficient (Wildman–Crippen LogP) is 2.24. The van der Waals surface area contributed by atoms with Crippen LogP contribution < -0.4 is 4.74 Å². The fourth-order valence-electron chi connectivity index (χ4n) is 2.69. The zero-order valence-electron chi connectivity index (χ0n) is 13.1. The average molecular weight is 293 g/mol. The van der Waals surface area contributed by atoms with Crippen LogP contribution in [0.2, 0.25) is 0 Å². The van der Waals surface area contributed by atoms with E-state index in [1.54, 1.807) is 0 Å². The summed E-state index contributed by atoms with van der Waals surface area (Å²) in [5.41, 5.74) is 1.16. The minimum Gasteiger partial charge on any atom is -0.491 e. The van der Waals surface area contributed by atoms with Crippen LogP contribution in [0.5, 0.6) is 5.75 Å². The number of hydrogen-bond acceptors (Lipinski definition) is 4. The van der Waals surface area contributed by atoms with Crippen LogP contribution in [0.25, 0.3) is 0 Å². The fraction of sp³-hybridized carbons (Fsp3) is 0.647. The Balaban J connectivity index is 1.72. The molecule has 118 valence electrons. The van der Waals surface area contributed by atoms with Crippen molar-refractivity contribution >= 4 is 0 Å². The molecule has 0 saturated carbocycles. The van der Waals surface area contributed by atoms with Gasteiger partial charge in [-0.05, 0) is 31.0 Å². The molecular formula is C17H27NO3. The number of hydrogen-bond donors (Lipinski definition) is 1. The van der Waals surface area contributed by atoms with Gasteiger partial charge in [0.2, 0.25) is 0 Å². The second kappa shape index (κ2) is 8.37. The number of β-amino-alcohol motifs (C(OH)–C–C–N with tert-alkyl or cyclic N) is 1. The highest BCUT2D eigenvalue weighted by molar-refractivity contribution is 5.27. The summed E-state index contributed by atoms with van der Waals surface area (Å²) >= 11 is 0. The lowest BCUT2D eigenvalue weighted by atomic mass is 10.1. The Morgan fingerprint density at radius 3 is 3.10 bits per heavy atom. The van der Waals surface area contributed by atoms with Gasteiger partial charge in [0.05, 0.1) is 12.7 Å². The van der Waals surface area contributed by atoms with Crippen LogP contribution in [-0.4, -0.2) is 55.1 Å². The Bertz CT molecular complexity index is 422. The topological polar surface area (TPSA) is 41.9 Å². The number of aliphatic hydroxyl groups is 1. The first kappa shape index (κ1) is 16.3. The van der Waals surface area contributed by atoms with Gasteiger partial charge in [-0.2, -0.15) is 0 Å². The normalized spacial score (nSPS) is 21.2. The number of aryl methyl sites for hydroxylation is 1. The monoisotopic (exact) mass is 293 g/mol. The van der Waals surface area contributed by atoms with Gasteiger partial charge in [0.15, 0.2) is 0 Å². The molecule has 1 saturated heterocycles. The molecule has 21 heavy (non-hydrogen) atoms. The summed E-state index contributed by atoms with van der Waals surface area (Å²) in [6.45, 7) is 7.75. The van der Waals surface area contributed by atoms with E-state index in [1.165, 1.54) is 0 Å². The molecule has 0 bridgehead atoms. The van der Waals surface area contributed by atoms with E-state index in [-0.39, 0.29) is 0 Å². The van der Waals surface area contributed by atoms with Crippen LogP contribution in [0.3, 0.4) is 0 Å². The van der Waals surface area contributed by atoms with E-state index in [0.29, 0.717) is 19.3 Å². The highest BCUT2D eigenvalue weighted by Gasteiger charge is 2.21. The van der Waals surface area contributed by atoms with Gasteiger partial charge >= 0.3 is 0 Å². The van der Waals surface area contributed by atoms with Gasteiger partial charge in [-0.1, -0.05) is 25.5 Å². The number of benzene rings is 1. The first-order chi connectivity index (χ1) is 10.2. The molecule has 0 aromatic heterocycles. The van der Waals surface area contributed by atoms with Gasteiger partial charge in [-0.25, -0.2) is 0 Å². The molecule has 4 nitrogen and oxygen atoms in total. The van der Waals surface area contributed by atoms with Crippen molar-refractivity contribution in [3.63, 3.8) is 0 Å². The second-order valence-electron chi connectivity index (χ2n) is 5.82. The SMILES string of the molecule is CCCC1CN(CC(O)COc2cccc(C)c2)CCO1. The summed E-state index contributed by atoms with van der Waals surface area (Å²) in [6.07, 6.45) is 2.07. The molecule has 0 spiro atoms. The number of morpholine rings is 1. The number of aliphatic hydroxyl groups excluding tert-OH is 1. The van der Waals surface area contributed by atoms with Gasteiger partial charge < -0.3 is 14.6 Å². The standard InChI is InChI=1S/C17H27NO3/c1-3-5-17-12-18(8-9-20-17)11-15(19)13-21-16-7-4-6-14(2)10-16/h4,6-7,10,15,17,19H,3,5,8-9,11-13H2,1-2H3. The van der Waals surface area contributed by atoms with Gasteiger partial charge in [-0.15, -0.1) is 0 Å². The van der Waals surface area contributed by atoms with E-state index < -0.39 is 6.10 Å². The number of rotatable bonds is 7. The van der Waals surface area contributed by atoms with Crippen LogP contribution in [0, 0.1) is 6.92 Å². The lowest BCUT2D eigenvalue weighted by Crippen LogP contribution is -2.46. The fourth-order valence-corrected chi connectivity index (χ4v) is 2.69. The van der Waals surface area contributed by atoms with Gasteiger partial charge in [0, 0.05) is 19.6 Å². The van der Waals surface area contributed by atoms with E-state index in [1.807, 2.05) is 31.2 Å². The molecule has 2 unspecified atom stereocenters. The minimum absolute atomic E-state index is 0.314. The van der Waals surface area contributed by atoms with Crippen LogP contribution in [0.15, 0.2) is 24.3 Å². The molecule has 0 radical (unpaired) electrons. The van der Waals surface area contributed by atoms with Crippen molar-refractivity contribution < 1.29 is 14.6 Å². The summed E-state index contributed by atoms with van der Waals surface area (Å²) in [7, 11) is 0. The van der Waals surface area contributed by atoms with E-state index in [0.717, 1.165) is 43.9 Å². The summed E-state index contributed by atoms with van der Waals surface area (Å²) in [4.78, 5) is 2.27. The molecule has 1 aromatic carbocycles. The highest BCUT2D eigenvalue weighted by Crippen LogP contribution is 2.14. The van der Waals surface area contributed by atoms with Crippen molar-refractivity contribution in [3.05, 3.63) is 29.8 Å². The first-order valence-electron chi connectivity index (χ1n) is 7.89. The predicted molar refractivity (Wildman–Crippen MR) is 83.8 cm³/mol. The van der Waals surface area contributed by atoms with Crippen molar-refractivity contribution in [3.8, 4) is 5.75 Å². The van der Waals surface area contributed by atoms with Crippen molar-refractivity contribution in [2.24, 2.45) is 0 Å². The molecule has 1 heterocycles. The average Bonchev–Trinajstić information content (AvgIpc) is 2.46. The zero-order chi connectivity index (χ0) is 15.1. The molecule has 0 amide bonds. The molecule has 1 aromatic rings. The Morgan fingerprint density at radius 1 is 1.48 bits per heavy atom. The van der Waals surface area contributed by atoms with Crippen LogP contribution in [0.1, 0.15) is 25.3 Å². The molecular weight excluding hydrogens is 266 g/mol. The Hall–Kier alpha value is -1.10. The lowest BCUT2D eigenvalue weighted by molar-refractivity contribution is -0.0474. The molecule has 2 rings (SSSR count). The number of ether oxygens (including phenoxy) is 2. The van der Waals surface area contributed by atoms with E-state index in [9.17, 15) is 5.11 Å². The van der Waals surface area contributed by atoms with Crippen molar-refractivity contribution in [1.82, 2.24) is 4.90 Å². The van der Waals surface area contributed by atoms with E-state index >= 15 is 0 Å². The molecule has 1 aliphatic rings. The van der Waals surface area contributed by atoms with E-state index in [4.69, 9.17) is 9.47 Å². The van der Waals surface area contributed by atoms with Crippen LogP contribution >= 0.6 is 0 Å². The highest BCUT2D eigenvalue weighted by atomic mass is 16.5. The quantitative estimate of drug-likeness (QED) is 0.837. The van der Waals surface area contributed by atoms with Gasteiger partial charge in [0.25, 0.3) is 0 Å². The smallest absolute Gasteiger partial charge is 0.119 e. The third-order valence-corrected chi connectivity index (χ3v) is 3.73. The molecule has 0 aliphatic carbocycles. The maximum absolute atomic E-state index is 10.1. The molecule has 1 N–H and O–H groups in total. The molecule has 4 heteroatoms. The third kappa shape index (κ3) is 5.65. The Labute approximate surface area is 127 Å². The largest absolute Gasteiger partial charge is 0.491 e. The van der Waals surface area contributed by atoms with Crippen molar-refractivity contribution in [2.75, 3.05) is 32.8 Å². The van der Waals surface area contributed by atoms with Gasteiger partial charge in [-0.3, -0.25) is 4.90 Å². The Kier molecular flexibility index (Phi) is 6.49. The molecule has 2 atom stereocenters.